The molecule has 0 saturated heterocycles. The van der Waals surface area contributed by atoms with Gasteiger partial charge in [-0.3, -0.25) is 4.68 Å². The summed E-state index contributed by atoms with van der Waals surface area (Å²) in [5.41, 5.74) is 2.52. The molecule has 1 fully saturated rings. The fourth-order valence-corrected chi connectivity index (χ4v) is 2.56. The molecule has 2 unspecified atom stereocenters. The van der Waals surface area contributed by atoms with Crippen LogP contribution in [0.5, 0.6) is 0 Å². The van der Waals surface area contributed by atoms with E-state index >= 15 is 0 Å². The summed E-state index contributed by atoms with van der Waals surface area (Å²) in [6.45, 7) is 3.23. The molecule has 3 nitrogen and oxygen atoms in total. The van der Waals surface area contributed by atoms with Crippen LogP contribution in [-0.2, 0) is 13.5 Å². The van der Waals surface area contributed by atoms with Gasteiger partial charge >= 0.3 is 0 Å². The first kappa shape index (κ1) is 10.7. The summed E-state index contributed by atoms with van der Waals surface area (Å²) in [7, 11) is 4.09. The van der Waals surface area contributed by atoms with Gasteiger partial charge in [-0.05, 0) is 57.7 Å². The van der Waals surface area contributed by atoms with Crippen molar-refractivity contribution in [2.75, 3.05) is 13.6 Å². The van der Waals surface area contributed by atoms with Gasteiger partial charge in [-0.15, -0.1) is 0 Å². The number of nitrogens with one attached hydrogen (secondary N) is 1. The number of aromatic nitrogens is 2. The molecule has 84 valence electrons. The highest BCUT2D eigenvalue weighted by Crippen LogP contribution is 2.36. The van der Waals surface area contributed by atoms with Crippen LogP contribution < -0.4 is 5.32 Å². The van der Waals surface area contributed by atoms with E-state index < -0.39 is 0 Å². The van der Waals surface area contributed by atoms with Gasteiger partial charge in [-0.25, -0.2) is 0 Å². The minimum atomic E-state index is 0.868. The van der Waals surface area contributed by atoms with Gasteiger partial charge in [-0.1, -0.05) is 0 Å². The summed E-state index contributed by atoms with van der Waals surface area (Å²) in [6.07, 6.45) is 3.97. The van der Waals surface area contributed by atoms with Crippen LogP contribution in [0.3, 0.4) is 0 Å². The van der Waals surface area contributed by atoms with E-state index in [0.29, 0.717) is 0 Å². The van der Waals surface area contributed by atoms with Crippen molar-refractivity contribution in [1.82, 2.24) is 15.1 Å². The number of hydrogen-bond donors (Lipinski definition) is 1. The van der Waals surface area contributed by atoms with Gasteiger partial charge in [0.2, 0.25) is 0 Å². The monoisotopic (exact) mass is 207 g/mol. The summed E-state index contributed by atoms with van der Waals surface area (Å²) in [5.74, 6) is 1.75. The van der Waals surface area contributed by atoms with E-state index in [1.54, 1.807) is 0 Å². The molecule has 3 heteroatoms. The lowest BCUT2D eigenvalue weighted by Crippen LogP contribution is -2.35. The van der Waals surface area contributed by atoms with Gasteiger partial charge in [0.05, 0.1) is 5.69 Å². The van der Waals surface area contributed by atoms with Crippen LogP contribution in [0.2, 0.25) is 0 Å². The number of hydrogen-bond acceptors (Lipinski definition) is 2. The van der Waals surface area contributed by atoms with Crippen molar-refractivity contribution in [2.45, 2.75) is 26.2 Å². The quantitative estimate of drug-likeness (QED) is 0.811. The summed E-state index contributed by atoms with van der Waals surface area (Å²) in [5, 5.41) is 7.68. The molecule has 1 aliphatic rings. The van der Waals surface area contributed by atoms with Crippen molar-refractivity contribution in [3.8, 4) is 0 Å². The Morgan fingerprint density at radius 2 is 2.20 bits per heavy atom. The van der Waals surface area contributed by atoms with Crippen molar-refractivity contribution in [3.63, 3.8) is 0 Å². The van der Waals surface area contributed by atoms with Crippen molar-refractivity contribution >= 4 is 0 Å². The highest BCUT2D eigenvalue weighted by Gasteiger charge is 2.30. The Balaban J connectivity index is 1.94. The van der Waals surface area contributed by atoms with Crippen molar-refractivity contribution in [1.29, 1.82) is 0 Å². The second-order valence-electron chi connectivity index (χ2n) is 4.76. The molecular weight excluding hydrogens is 186 g/mol. The molecule has 1 saturated carbocycles. The Kier molecular flexibility index (Phi) is 3.10. The first-order valence-corrected chi connectivity index (χ1v) is 5.85. The number of nitrogens with zero attached hydrogens (tertiary/aromatic N) is 2. The first-order chi connectivity index (χ1) is 7.20. The Morgan fingerprint density at radius 3 is 2.67 bits per heavy atom. The smallest absolute Gasteiger partial charge is 0.0596 e. The third kappa shape index (κ3) is 2.23. The van der Waals surface area contributed by atoms with Gasteiger partial charge in [0, 0.05) is 12.7 Å². The molecule has 0 radical (unpaired) electrons. The van der Waals surface area contributed by atoms with E-state index in [9.17, 15) is 0 Å². The standard InChI is InChI=1S/C12H21N3/c1-9-6-12(15(3)14-9)7-10-4-5-11(10)8-13-2/h6,10-11,13H,4-5,7-8H2,1-3H3. The normalized spacial score (nSPS) is 25.3. The van der Waals surface area contributed by atoms with E-state index in [1.807, 2.05) is 18.8 Å². The molecule has 2 rings (SSSR count). The fraction of sp³-hybridized carbons (Fsp3) is 0.750. The van der Waals surface area contributed by atoms with E-state index in [1.165, 1.54) is 31.5 Å². The molecule has 1 aromatic heterocycles. The zero-order valence-corrected chi connectivity index (χ0v) is 9.95. The SMILES string of the molecule is CNCC1CCC1Cc1cc(C)nn1C. The zero-order valence-electron chi connectivity index (χ0n) is 9.95. The molecule has 0 amide bonds. The molecule has 2 atom stereocenters. The van der Waals surface area contributed by atoms with E-state index in [0.717, 1.165) is 17.5 Å². The molecule has 0 bridgehead atoms. The molecule has 15 heavy (non-hydrogen) atoms. The number of aryl methyl sites for hydroxylation is 2. The van der Waals surface area contributed by atoms with Crippen molar-refractivity contribution < 1.29 is 0 Å². The lowest BCUT2D eigenvalue weighted by Gasteiger charge is -2.36. The molecular formula is C12H21N3. The third-order valence-electron chi connectivity index (χ3n) is 3.61. The van der Waals surface area contributed by atoms with Crippen LogP contribution in [0.1, 0.15) is 24.2 Å². The van der Waals surface area contributed by atoms with Gasteiger partial charge in [0.15, 0.2) is 0 Å². The summed E-state index contributed by atoms with van der Waals surface area (Å²) in [4.78, 5) is 0. The average molecular weight is 207 g/mol. The van der Waals surface area contributed by atoms with Crippen LogP contribution in [0.15, 0.2) is 6.07 Å². The van der Waals surface area contributed by atoms with Crippen LogP contribution in [0, 0.1) is 18.8 Å². The average Bonchev–Trinajstić information content (AvgIpc) is 2.48. The minimum Gasteiger partial charge on any atom is -0.319 e. The molecule has 0 aromatic carbocycles. The summed E-state index contributed by atoms with van der Waals surface area (Å²) < 4.78 is 2.03. The molecule has 1 N–H and O–H groups in total. The molecule has 0 spiro atoms. The van der Waals surface area contributed by atoms with Crippen LogP contribution >= 0.6 is 0 Å². The highest BCUT2D eigenvalue weighted by atomic mass is 15.3. The first-order valence-electron chi connectivity index (χ1n) is 5.85. The predicted octanol–water partition coefficient (Wildman–Crippen LogP) is 1.52. The van der Waals surface area contributed by atoms with E-state index in [4.69, 9.17) is 0 Å². The topological polar surface area (TPSA) is 29.9 Å². The number of rotatable bonds is 4. The van der Waals surface area contributed by atoms with Crippen LogP contribution in [-0.4, -0.2) is 23.4 Å². The third-order valence-corrected chi connectivity index (χ3v) is 3.61. The van der Waals surface area contributed by atoms with Gasteiger partial charge < -0.3 is 5.32 Å². The second-order valence-corrected chi connectivity index (χ2v) is 4.76. The van der Waals surface area contributed by atoms with Crippen molar-refractivity contribution in [3.05, 3.63) is 17.5 Å². The fourth-order valence-electron chi connectivity index (χ4n) is 2.56. The maximum Gasteiger partial charge on any atom is 0.0596 e. The van der Waals surface area contributed by atoms with Crippen LogP contribution in [0.4, 0.5) is 0 Å². The Morgan fingerprint density at radius 1 is 1.47 bits per heavy atom. The lowest BCUT2D eigenvalue weighted by molar-refractivity contribution is 0.171. The molecule has 1 heterocycles. The largest absolute Gasteiger partial charge is 0.319 e. The Bertz CT molecular complexity index is 330. The zero-order chi connectivity index (χ0) is 10.8. The van der Waals surface area contributed by atoms with Gasteiger partial charge in [-0.2, -0.15) is 5.10 Å². The molecule has 1 aliphatic carbocycles. The van der Waals surface area contributed by atoms with Crippen LogP contribution in [0.25, 0.3) is 0 Å². The highest BCUT2D eigenvalue weighted by molar-refractivity contribution is 5.10. The van der Waals surface area contributed by atoms with E-state index in [2.05, 4.69) is 23.4 Å². The van der Waals surface area contributed by atoms with Crippen molar-refractivity contribution in [2.24, 2.45) is 18.9 Å². The Labute approximate surface area is 91.9 Å². The van der Waals surface area contributed by atoms with Gasteiger partial charge in [0.1, 0.15) is 0 Å². The summed E-state index contributed by atoms with van der Waals surface area (Å²) >= 11 is 0. The maximum atomic E-state index is 4.39. The molecule has 0 aliphatic heterocycles. The van der Waals surface area contributed by atoms with Gasteiger partial charge in [0.25, 0.3) is 0 Å². The van der Waals surface area contributed by atoms with E-state index in [-0.39, 0.29) is 0 Å². The summed E-state index contributed by atoms with van der Waals surface area (Å²) in [6, 6.07) is 2.22. The lowest BCUT2D eigenvalue weighted by atomic mass is 9.71. The Hall–Kier alpha value is -0.830. The maximum absolute atomic E-state index is 4.39. The predicted molar refractivity (Wildman–Crippen MR) is 61.8 cm³/mol. The minimum absolute atomic E-state index is 0.868. The molecule has 1 aromatic rings. The second kappa shape index (κ2) is 4.35.